The van der Waals surface area contributed by atoms with Crippen LogP contribution < -0.4 is 5.73 Å². The molecule has 1 unspecified atom stereocenters. The normalized spacial score (nSPS) is 21.4. The van der Waals surface area contributed by atoms with E-state index in [0.717, 1.165) is 19.0 Å². The number of hydrogen-bond donors (Lipinski definition) is 1. The van der Waals surface area contributed by atoms with Gasteiger partial charge in [-0.1, -0.05) is 26.2 Å². The smallest absolute Gasteiger partial charge is 0.00979 e. The second kappa shape index (κ2) is 6.41. The Kier molecular flexibility index (Phi) is 5.49. The van der Waals surface area contributed by atoms with Crippen LogP contribution in [0, 0.1) is 0 Å². The molecule has 0 aromatic rings. The van der Waals surface area contributed by atoms with Gasteiger partial charge in [-0.15, -0.1) is 0 Å². The molecule has 2 N–H and O–H groups in total. The SMILES string of the molecule is CCN(C(C)CCN)C1CCCCC1. The molecule has 0 aromatic carbocycles. The predicted octanol–water partition coefficient (Wildman–Crippen LogP) is 2.38. The van der Waals surface area contributed by atoms with E-state index in [1.807, 2.05) is 0 Å². The van der Waals surface area contributed by atoms with E-state index in [4.69, 9.17) is 5.73 Å². The van der Waals surface area contributed by atoms with Gasteiger partial charge in [0.1, 0.15) is 0 Å². The van der Waals surface area contributed by atoms with Crippen LogP contribution in [-0.4, -0.2) is 30.1 Å². The van der Waals surface area contributed by atoms with E-state index in [0.29, 0.717) is 6.04 Å². The van der Waals surface area contributed by atoms with Crippen LogP contribution in [0.2, 0.25) is 0 Å². The van der Waals surface area contributed by atoms with Crippen molar-refractivity contribution >= 4 is 0 Å². The molecule has 1 rings (SSSR count). The fraction of sp³-hybridized carbons (Fsp3) is 1.00. The highest BCUT2D eigenvalue weighted by Gasteiger charge is 2.23. The van der Waals surface area contributed by atoms with Crippen molar-refractivity contribution in [3.05, 3.63) is 0 Å². The molecule has 0 aliphatic heterocycles. The predicted molar refractivity (Wildman–Crippen MR) is 62.4 cm³/mol. The lowest BCUT2D eigenvalue weighted by molar-refractivity contribution is 0.115. The van der Waals surface area contributed by atoms with Crippen LogP contribution in [-0.2, 0) is 0 Å². The van der Waals surface area contributed by atoms with E-state index < -0.39 is 0 Å². The van der Waals surface area contributed by atoms with Crippen LogP contribution in [0.25, 0.3) is 0 Å². The monoisotopic (exact) mass is 198 g/mol. The Balaban J connectivity index is 2.41. The highest BCUT2D eigenvalue weighted by molar-refractivity contribution is 4.79. The zero-order valence-electron chi connectivity index (χ0n) is 9.84. The van der Waals surface area contributed by atoms with Crippen molar-refractivity contribution in [1.29, 1.82) is 0 Å². The molecule has 1 saturated carbocycles. The van der Waals surface area contributed by atoms with Crippen molar-refractivity contribution in [3.8, 4) is 0 Å². The number of hydrogen-bond acceptors (Lipinski definition) is 2. The van der Waals surface area contributed by atoms with Crippen molar-refractivity contribution in [2.75, 3.05) is 13.1 Å². The van der Waals surface area contributed by atoms with Crippen molar-refractivity contribution in [3.63, 3.8) is 0 Å². The lowest BCUT2D eigenvalue weighted by atomic mass is 9.93. The summed E-state index contributed by atoms with van der Waals surface area (Å²) in [6.07, 6.45) is 8.25. The molecule has 1 aliphatic carbocycles. The molecular formula is C12H26N2. The van der Waals surface area contributed by atoms with Gasteiger partial charge < -0.3 is 5.73 Å². The fourth-order valence-electron chi connectivity index (χ4n) is 2.75. The summed E-state index contributed by atoms with van der Waals surface area (Å²) in [5.41, 5.74) is 5.62. The average Bonchev–Trinajstić information content (AvgIpc) is 2.21. The first-order valence-corrected chi connectivity index (χ1v) is 6.25. The molecule has 0 aromatic heterocycles. The third-order valence-electron chi connectivity index (χ3n) is 3.56. The molecule has 2 nitrogen and oxygen atoms in total. The van der Waals surface area contributed by atoms with E-state index in [9.17, 15) is 0 Å². The first-order valence-electron chi connectivity index (χ1n) is 6.25. The number of nitrogens with two attached hydrogens (primary N) is 1. The zero-order valence-corrected chi connectivity index (χ0v) is 9.84. The van der Waals surface area contributed by atoms with Crippen molar-refractivity contribution in [2.45, 2.75) is 64.5 Å². The quantitative estimate of drug-likeness (QED) is 0.735. The topological polar surface area (TPSA) is 29.3 Å². The highest BCUT2D eigenvalue weighted by atomic mass is 15.2. The summed E-state index contributed by atoms with van der Waals surface area (Å²) in [5, 5.41) is 0. The first-order chi connectivity index (χ1) is 6.79. The van der Waals surface area contributed by atoms with Gasteiger partial charge in [-0.2, -0.15) is 0 Å². The molecule has 0 bridgehead atoms. The summed E-state index contributed by atoms with van der Waals surface area (Å²) in [4.78, 5) is 2.66. The summed E-state index contributed by atoms with van der Waals surface area (Å²) in [6.45, 7) is 6.61. The Morgan fingerprint density at radius 3 is 2.43 bits per heavy atom. The molecule has 0 amide bonds. The minimum absolute atomic E-state index is 0.674. The Bertz CT molecular complexity index is 141. The van der Waals surface area contributed by atoms with Crippen LogP contribution in [0.4, 0.5) is 0 Å². The molecule has 1 atom stereocenters. The minimum atomic E-state index is 0.674. The molecule has 0 radical (unpaired) electrons. The van der Waals surface area contributed by atoms with Gasteiger partial charge in [-0.25, -0.2) is 0 Å². The zero-order chi connectivity index (χ0) is 10.4. The van der Waals surface area contributed by atoms with Crippen LogP contribution in [0.1, 0.15) is 52.4 Å². The van der Waals surface area contributed by atoms with Crippen LogP contribution in [0.15, 0.2) is 0 Å². The van der Waals surface area contributed by atoms with Gasteiger partial charge in [0.05, 0.1) is 0 Å². The Hall–Kier alpha value is -0.0800. The van der Waals surface area contributed by atoms with Gasteiger partial charge in [0.2, 0.25) is 0 Å². The van der Waals surface area contributed by atoms with Crippen LogP contribution in [0.5, 0.6) is 0 Å². The molecule has 1 aliphatic rings. The highest BCUT2D eigenvalue weighted by Crippen LogP contribution is 2.24. The van der Waals surface area contributed by atoms with E-state index >= 15 is 0 Å². The molecule has 84 valence electrons. The van der Waals surface area contributed by atoms with Gasteiger partial charge in [0, 0.05) is 12.1 Å². The molecule has 2 heteroatoms. The van der Waals surface area contributed by atoms with Crippen molar-refractivity contribution in [1.82, 2.24) is 4.90 Å². The van der Waals surface area contributed by atoms with Crippen LogP contribution >= 0.6 is 0 Å². The van der Waals surface area contributed by atoms with Gasteiger partial charge in [0.15, 0.2) is 0 Å². The lowest BCUT2D eigenvalue weighted by Gasteiger charge is -2.37. The van der Waals surface area contributed by atoms with E-state index in [1.165, 1.54) is 38.6 Å². The number of rotatable bonds is 5. The lowest BCUT2D eigenvalue weighted by Crippen LogP contribution is -2.43. The first kappa shape index (κ1) is 12.0. The standard InChI is InChI=1S/C12H26N2/c1-3-14(11(2)9-10-13)12-7-5-4-6-8-12/h11-12H,3-10,13H2,1-2H3. The summed E-state index contributed by atoms with van der Waals surface area (Å²) in [7, 11) is 0. The minimum Gasteiger partial charge on any atom is -0.330 e. The Morgan fingerprint density at radius 2 is 1.93 bits per heavy atom. The van der Waals surface area contributed by atoms with Crippen molar-refractivity contribution in [2.24, 2.45) is 5.73 Å². The van der Waals surface area contributed by atoms with Crippen LogP contribution in [0.3, 0.4) is 0 Å². The molecular weight excluding hydrogens is 172 g/mol. The maximum atomic E-state index is 5.62. The summed E-state index contributed by atoms with van der Waals surface area (Å²) >= 11 is 0. The second-order valence-corrected chi connectivity index (χ2v) is 4.55. The van der Waals surface area contributed by atoms with Gasteiger partial charge in [0.25, 0.3) is 0 Å². The van der Waals surface area contributed by atoms with Gasteiger partial charge in [-0.3, -0.25) is 4.90 Å². The Morgan fingerprint density at radius 1 is 1.29 bits per heavy atom. The fourth-order valence-corrected chi connectivity index (χ4v) is 2.75. The largest absolute Gasteiger partial charge is 0.330 e. The van der Waals surface area contributed by atoms with Gasteiger partial charge in [-0.05, 0) is 39.3 Å². The molecule has 1 fully saturated rings. The van der Waals surface area contributed by atoms with E-state index in [1.54, 1.807) is 0 Å². The molecule has 0 spiro atoms. The van der Waals surface area contributed by atoms with E-state index in [2.05, 4.69) is 18.7 Å². The molecule has 0 saturated heterocycles. The summed E-state index contributed by atoms with van der Waals surface area (Å²) in [6, 6.07) is 1.52. The summed E-state index contributed by atoms with van der Waals surface area (Å²) < 4.78 is 0. The molecule has 0 heterocycles. The summed E-state index contributed by atoms with van der Waals surface area (Å²) in [5.74, 6) is 0. The van der Waals surface area contributed by atoms with E-state index in [-0.39, 0.29) is 0 Å². The number of nitrogens with zero attached hydrogens (tertiary/aromatic N) is 1. The maximum absolute atomic E-state index is 5.62. The average molecular weight is 198 g/mol. The second-order valence-electron chi connectivity index (χ2n) is 4.55. The third-order valence-corrected chi connectivity index (χ3v) is 3.56. The van der Waals surface area contributed by atoms with Gasteiger partial charge >= 0.3 is 0 Å². The molecule has 14 heavy (non-hydrogen) atoms. The third kappa shape index (κ3) is 3.25. The Labute approximate surface area is 88.8 Å². The van der Waals surface area contributed by atoms with Crippen molar-refractivity contribution < 1.29 is 0 Å². The maximum Gasteiger partial charge on any atom is 0.00979 e.